The summed E-state index contributed by atoms with van der Waals surface area (Å²) in [7, 11) is 0. The van der Waals surface area contributed by atoms with Gasteiger partial charge in [0.2, 0.25) is 5.91 Å². The molecule has 1 aromatic carbocycles. The molecule has 0 saturated carbocycles. The molecule has 0 aliphatic carbocycles. The van der Waals surface area contributed by atoms with E-state index in [2.05, 4.69) is 22.1 Å². The van der Waals surface area contributed by atoms with Gasteiger partial charge in [0.25, 0.3) is 5.56 Å². The molecule has 138 valence electrons. The van der Waals surface area contributed by atoms with Crippen LogP contribution in [-0.4, -0.2) is 32.9 Å². The average Bonchev–Trinajstić information content (AvgIpc) is 2.68. The summed E-state index contributed by atoms with van der Waals surface area (Å²) in [6, 6.07) is 7.64. The van der Waals surface area contributed by atoms with Gasteiger partial charge >= 0.3 is 0 Å². The van der Waals surface area contributed by atoms with Crippen LogP contribution in [0.4, 0.5) is 5.69 Å². The molecular formula is C20H26N4O2. The van der Waals surface area contributed by atoms with Crippen molar-refractivity contribution in [3.05, 3.63) is 57.8 Å². The number of hydrogen-bond acceptors (Lipinski definition) is 4. The molecule has 0 radical (unpaired) electrons. The molecule has 0 unspecified atom stereocenters. The first-order valence-corrected chi connectivity index (χ1v) is 9.24. The van der Waals surface area contributed by atoms with Crippen molar-refractivity contribution in [3.63, 3.8) is 0 Å². The molecule has 1 aliphatic rings. The quantitative estimate of drug-likeness (QED) is 0.894. The molecule has 1 atom stereocenters. The third-order valence-electron chi connectivity index (χ3n) is 5.12. The lowest BCUT2D eigenvalue weighted by Crippen LogP contribution is -2.46. The number of aromatic nitrogens is 2. The second kappa shape index (κ2) is 7.83. The van der Waals surface area contributed by atoms with Crippen LogP contribution in [0.25, 0.3) is 0 Å². The van der Waals surface area contributed by atoms with Crippen molar-refractivity contribution >= 4 is 11.6 Å². The van der Waals surface area contributed by atoms with Gasteiger partial charge in [-0.2, -0.15) is 0 Å². The highest BCUT2D eigenvalue weighted by atomic mass is 16.2. The minimum atomic E-state index is -0.288. The third-order valence-corrected chi connectivity index (χ3v) is 5.12. The van der Waals surface area contributed by atoms with Gasteiger partial charge in [-0.05, 0) is 44.4 Å². The summed E-state index contributed by atoms with van der Waals surface area (Å²) in [6.07, 6.45) is 3.21. The number of nitrogens with one attached hydrogen (secondary N) is 1. The van der Waals surface area contributed by atoms with Crippen molar-refractivity contribution in [1.29, 1.82) is 0 Å². The Labute approximate surface area is 153 Å². The maximum absolute atomic E-state index is 12.6. The van der Waals surface area contributed by atoms with Crippen LogP contribution in [0.15, 0.2) is 35.4 Å². The zero-order chi connectivity index (χ0) is 18.7. The molecule has 1 amide bonds. The van der Waals surface area contributed by atoms with Gasteiger partial charge in [0.05, 0.1) is 18.1 Å². The van der Waals surface area contributed by atoms with Crippen LogP contribution in [0.1, 0.15) is 37.6 Å². The summed E-state index contributed by atoms with van der Waals surface area (Å²) >= 11 is 0. The number of aryl methyl sites for hydroxylation is 2. The van der Waals surface area contributed by atoms with Gasteiger partial charge in [-0.3, -0.25) is 19.1 Å². The normalized spacial score (nSPS) is 15.3. The van der Waals surface area contributed by atoms with Crippen molar-refractivity contribution in [2.45, 2.75) is 52.7 Å². The number of rotatable bonds is 5. The first-order chi connectivity index (χ1) is 12.5. The Morgan fingerprint density at radius 1 is 1.27 bits per heavy atom. The Kier molecular flexibility index (Phi) is 5.52. The van der Waals surface area contributed by atoms with E-state index < -0.39 is 0 Å². The van der Waals surface area contributed by atoms with Crippen molar-refractivity contribution < 1.29 is 4.79 Å². The van der Waals surface area contributed by atoms with Crippen molar-refractivity contribution in [1.82, 2.24) is 14.5 Å². The Balaban J connectivity index is 1.68. The van der Waals surface area contributed by atoms with Crippen molar-refractivity contribution in [2.24, 2.45) is 0 Å². The van der Waals surface area contributed by atoms with Crippen LogP contribution in [0.5, 0.6) is 0 Å². The number of fused-ring (bicyclic) bond motifs is 1. The minimum Gasteiger partial charge on any atom is -0.325 e. The number of nitrogens with zero attached hydrogens (tertiary/aromatic N) is 3. The zero-order valence-corrected chi connectivity index (χ0v) is 15.7. The fraction of sp³-hybridized carbons (Fsp3) is 0.450. The molecule has 1 aliphatic heterocycles. The van der Waals surface area contributed by atoms with E-state index in [4.69, 9.17) is 0 Å². The van der Waals surface area contributed by atoms with Gasteiger partial charge in [-0.25, -0.2) is 4.98 Å². The molecule has 1 aromatic heterocycles. The van der Waals surface area contributed by atoms with Gasteiger partial charge < -0.3 is 5.32 Å². The SMILES string of the molecule is CCc1ccc(NC(=O)[C@H](C)N2CCc3c(ncn(CC)c3=O)C2)cc1. The number of carbonyl (C=O) groups is 1. The fourth-order valence-electron chi connectivity index (χ4n) is 3.27. The summed E-state index contributed by atoms with van der Waals surface area (Å²) in [5.41, 5.74) is 3.67. The molecule has 0 fully saturated rings. The molecule has 3 rings (SSSR count). The van der Waals surface area contributed by atoms with Gasteiger partial charge in [0.1, 0.15) is 0 Å². The highest BCUT2D eigenvalue weighted by Crippen LogP contribution is 2.17. The van der Waals surface area contributed by atoms with Gasteiger partial charge in [-0.1, -0.05) is 19.1 Å². The standard InChI is InChI=1S/C20H26N4O2/c1-4-15-6-8-16(9-7-15)22-19(25)14(3)24-11-10-17-18(12-24)21-13-23(5-2)20(17)26/h6-9,13-14H,4-5,10-12H2,1-3H3,(H,22,25)/t14-/m0/s1. The molecular weight excluding hydrogens is 328 g/mol. The maximum atomic E-state index is 12.6. The topological polar surface area (TPSA) is 67.2 Å². The first kappa shape index (κ1) is 18.3. The molecule has 0 spiro atoms. The number of benzene rings is 1. The predicted molar refractivity (Wildman–Crippen MR) is 102 cm³/mol. The van der Waals surface area contributed by atoms with Crippen LogP contribution >= 0.6 is 0 Å². The van der Waals surface area contributed by atoms with Crippen LogP contribution in [-0.2, 0) is 30.7 Å². The van der Waals surface area contributed by atoms with Crippen LogP contribution in [0.2, 0.25) is 0 Å². The Hall–Kier alpha value is -2.47. The first-order valence-electron chi connectivity index (χ1n) is 9.24. The summed E-state index contributed by atoms with van der Waals surface area (Å²) in [4.78, 5) is 31.5. The number of carbonyl (C=O) groups excluding carboxylic acids is 1. The smallest absolute Gasteiger partial charge is 0.256 e. The molecule has 1 N–H and O–H groups in total. The van der Waals surface area contributed by atoms with E-state index in [1.165, 1.54) is 5.56 Å². The lowest BCUT2D eigenvalue weighted by Gasteiger charge is -2.32. The second-order valence-electron chi connectivity index (χ2n) is 6.70. The highest BCUT2D eigenvalue weighted by molar-refractivity contribution is 5.94. The zero-order valence-electron chi connectivity index (χ0n) is 15.7. The van der Waals surface area contributed by atoms with Crippen LogP contribution in [0, 0.1) is 0 Å². The monoisotopic (exact) mass is 354 g/mol. The van der Waals surface area contributed by atoms with E-state index in [0.29, 0.717) is 26.1 Å². The Morgan fingerprint density at radius 2 is 2.00 bits per heavy atom. The maximum Gasteiger partial charge on any atom is 0.256 e. The molecule has 6 heteroatoms. The van der Waals surface area contributed by atoms with Crippen LogP contribution < -0.4 is 10.9 Å². The molecule has 2 aromatic rings. The third kappa shape index (κ3) is 3.70. The summed E-state index contributed by atoms with van der Waals surface area (Å²) in [6.45, 7) is 7.77. The molecule has 0 saturated heterocycles. The van der Waals surface area contributed by atoms with E-state index in [0.717, 1.165) is 23.4 Å². The van der Waals surface area contributed by atoms with Crippen molar-refractivity contribution in [2.75, 3.05) is 11.9 Å². The lowest BCUT2D eigenvalue weighted by molar-refractivity contribution is -0.121. The van der Waals surface area contributed by atoms with Crippen molar-refractivity contribution in [3.8, 4) is 0 Å². The van der Waals surface area contributed by atoms with E-state index in [-0.39, 0.29) is 17.5 Å². The van der Waals surface area contributed by atoms with Gasteiger partial charge in [0.15, 0.2) is 0 Å². The lowest BCUT2D eigenvalue weighted by atomic mass is 10.0. The number of anilines is 1. The van der Waals surface area contributed by atoms with E-state index in [1.807, 2.05) is 38.1 Å². The number of hydrogen-bond donors (Lipinski definition) is 1. The summed E-state index contributed by atoms with van der Waals surface area (Å²) in [5, 5.41) is 2.98. The molecule has 2 heterocycles. The fourth-order valence-corrected chi connectivity index (χ4v) is 3.27. The van der Waals surface area contributed by atoms with E-state index in [1.54, 1.807) is 10.9 Å². The Bertz CT molecular complexity index is 842. The minimum absolute atomic E-state index is 0.0420. The summed E-state index contributed by atoms with van der Waals surface area (Å²) < 4.78 is 1.63. The van der Waals surface area contributed by atoms with Gasteiger partial charge in [0, 0.05) is 30.9 Å². The highest BCUT2D eigenvalue weighted by Gasteiger charge is 2.27. The average molecular weight is 354 g/mol. The van der Waals surface area contributed by atoms with E-state index >= 15 is 0 Å². The Morgan fingerprint density at radius 3 is 2.65 bits per heavy atom. The molecule has 26 heavy (non-hydrogen) atoms. The second-order valence-corrected chi connectivity index (χ2v) is 6.70. The molecule has 6 nitrogen and oxygen atoms in total. The van der Waals surface area contributed by atoms with Gasteiger partial charge in [-0.15, -0.1) is 0 Å². The number of amides is 1. The summed E-state index contributed by atoms with van der Waals surface area (Å²) in [5.74, 6) is -0.0420. The van der Waals surface area contributed by atoms with Crippen LogP contribution in [0.3, 0.4) is 0 Å². The van der Waals surface area contributed by atoms with E-state index in [9.17, 15) is 9.59 Å². The predicted octanol–water partition coefficient (Wildman–Crippen LogP) is 2.21. The molecule has 0 bridgehead atoms. The largest absolute Gasteiger partial charge is 0.325 e.